The average Bonchev–Trinajstić information content (AvgIpc) is 3.48. The van der Waals surface area contributed by atoms with Crippen LogP contribution in [-0.2, 0) is 11.3 Å². The van der Waals surface area contributed by atoms with Crippen molar-refractivity contribution in [3.05, 3.63) is 78.0 Å². The van der Waals surface area contributed by atoms with E-state index in [9.17, 15) is 9.59 Å². The molecule has 156 valence electrons. The molecule has 8 heteroatoms. The van der Waals surface area contributed by atoms with E-state index >= 15 is 0 Å². The molecule has 1 atom stereocenters. The summed E-state index contributed by atoms with van der Waals surface area (Å²) in [5.74, 6) is 1.59. The van der Waals surface area contributed by atoms with E-state index in [1.807, 2.05) is 76.9 Å². The molecular formula is C23H22N5O3+. The van der Waals surface area contributed by atoms with Gasteiger partial charge in [0.15, 0.2) is 0 Å². The Balaban J connectivity index is 1.44. The van der Waals surface area contributed by atoms with Gasteiger partial charge in [-0.05, 0) is 24.6 Å². The molecule has 2 aromatic heterocycles. The summed E-state index contributed by atoms with van der Waals surface area (Å²) >= 11 is 0. The van der Waals surface area contributed by atoms with Crippen LogP contribution < -0.4 is 4.57 Å². The second-order valence-electron chi connectivity index (χ2n) is 7.62. The number of likely N-dealkylation sites (N-methyl/N-ethyl adjacent to an activating group) is 1. The Kier molecular flexibility index (Phi) is 4.54. The van der Waals surface area contributed by atoms with E-state index in [4.69, 9.17) is 4.42 Å². The number of amides is 3. The number of imidazole rings is 1. The summed E-state index contributed by atoms with van der Waals surface area (Å²) in [6, 6.07) is 12.5. The van der Waals surface area contributed by atoms with Crippen molar-refractivity contribution in [1.29, 1.82) is 0 Å². The van der Waals surface area contributed by atoms with Crippen molar-refractivity contribution in [1.82, 2.24) is 14.4 Å². The smallest absolute Gasteiger partial charge is 0.402 e. The minimum Gasteiger partial charge on any atom is -0.466 e. The number of fused-ring (bicyclic) bond motifs is 3. The lowest BCUT2D eigenvalue weighted by Gasteiger charge is -2.32. The van der Waals surface area contributed by atoms with E-state index in [2.05, 4.69) is 4.99 Å². The largest absolute Gasteiger partial charge is 0.466 e. The number of carbonyl (C=O) groups is 2. The number of aryl methyl sites for hydroxylation is 1. The Morgan fingerprint density at radius 1 is 1.16 bits per heavy atom. The summed E-state index contributed by atoms with van der Waals surface area (Å²) in [5, 5.41) is 0. The number of hydrogen-bond acceptors (Lipinski definition) is 4. The van der Waals surface area contributed by atoms with Crippen molar-refractivity contribution in [2.24, 2.45) is 4.99 Å². The molecule has 4 heterocycles. The fourth-order valence-corrected chi connectivity index (χ4v) is 4.01. The van der Waals surface area contributed by atoms with Crippen molar-refractivity contribution < 1.29 is 18.6 Å². The Bertz CT molecular complexity index is 1210. The normalized spacial score (nSPS) is 18.0. The summed E-state index contributed by atoms with van der Waals surface area (Å²) in [6.45, 7) is 2.66. The maximum atomic E-state index is 13.3. The van der Waals surface area contributed by atoms with Crippen LogP contribution in [0, 0.1) is 6.92 Å². The number of furan rings is 1. The van der Waals surface area contributed by atoms with E-state index in [-0.39, 0.29) is 18.5 Å². The first-order chi connectivity index (χ1) is 15.0. The number of amidine groups is 1. The first-order valence-electron chi connectivity index (χ1n) is 10.1. The highest BCUT2D eigenvalue weighted by Gasteiger charge is 2.52. The number of carbonyl (C=O) groups excluding carboxylic acids is 2. The predicted molar refractivity (Wildman–Crippen MR) is 114 cm³/mol. The second kappa shape index (κ2) is 7.39. The topological polar surface area (TPSA) is 74.9 Å². The van der Waals surface area contributed by atoms with Gasteiger partial charge in [0.2, 0.25) is 11.9 Å². The third kappa shape index (κ3) is 3.16. The summed E-state index contributed by atoms with van der Waals surface area (Å²) in [4.78, 5) is 33.6. The summed E-state index contributed by atoms with van der Waals surface area (Å²) < 4.78 is 9.29. The summed E-state index contributed by atoms with van der Waals surface area (Å²) in [5.41, 5.74) is 1.97. The van der Waals surface area contributed by atoms with Crippen LogP contribution >= 0.6 is 0 Å². The molecule has 8 nitrogen and oxygen atoms in total. The van der Waals surface area contributed by atoms with Crippen LogP contribution in [0.5, 0.6) is 0 Å². The van der Waals surface area contributed by atoms with Gasteiger partial charge in [0.05, 0.1) is 6.26 Å². The first-order valence-corrected chi connectivity index (χ1v) is 10.1. The van der Waals surface area contributed by atoms with Crippen molar-refractivity contribution in [2.45, 2.75) is 19.5 Å². The summed E-state index contributed by atoms with van der Waals surface area (Å²) in [7, 11) is 1.66. The lowest BCUT2D eigenvalue weighted by molar-refractivity contribution is -0.677. The molecule has 0 radical (unpaired) electrons. The van der Waals surface area contributed by atoms with Crippen LogP contribution in [0.3, 0.4) is 0 Å². The van der Waals surface area contributed by atoms with E-state index < -0.39 is 6.04 Å². The monoisotopic (exact) mass is 416 g/mol. The van der Waals surface area contributed by atoms with Gasteiger partial charge in [-0.15, -0.1) is 0 Å². The zero-order valence-electron chi connectivity index (χ0n) is 17.3. The maximum Gasteiger partial charge on any atom is 0.402 e. The van der Waals surface area contributed by atoms with Gasteiger partial charge in [-0.3, -0.25) is 14.6 Å². The SMILES string of the molecule is Cc1c[n+]2c(n1Cc1ccco1)N=C1C2C(=O)N(C/C=C/c2ccccc2)C(=O)N1C. The first kappa shape index (κ1) is 19.0. The van der Waals surface area contributed by atoms with Gasteiger partial charge in [-0.25, -0.2) is 13.9 Å². The van der Waals surface area contributed by atoms with Crippen molar-refractivity contribution in [2.75, 3.05) is 13.6 Å². The Hall–Kier alpha value is -3.94. The molecule has 1 unspecified atom stereocenters. The molecule has 3 aromatic rings. The van der Waals surface area contributed by atoms with Crippen molar-refractivity contribution in [3.8, 4) is 0 Å². The Labute approximate surface area is 179 Å². The van der Waals surface area contributed by atoms with Crippen molar-refractivity contribution >= 4 is 29.8 Å². The maximum absolute atomic E-state index is 13.3. The van der Waals surface area contributed by atoms with Gasteiger partial charge in [-0.2, -0.15) is 0 Å². The molecule has 5 rings (SSSR count). The minimum atomic E-state index is -0.653. The zero-order chi connectivity index (χ0) is 21.5. The lowest BCUT2D eigenvalue weighted by atomic mass is 10.1. The second-order valence-corrected chi connectivity index (χ2v) is 7.62. The van der Waals surface area contributed by atoms with Gasteiger partial charge >= 0.3 is 12.0 Å². The molecule has 3 amide bonds. The van der Waals surface area contributed by atoms with Crippen LogP contribution in [0.15, 0.2) is 70.4 Å². The Morgan fingerprint density at radius 3 is 2.71 bits per heavy atom. The molecule has 0 saturated carbocycles. The summed E-state index contributed by atoms with van der Waals surface area (Å²) in [6.07, 6.45) is 7.26. The zero-order valence-corrected chi connectivity index (χ0v) is 17.3. The number of imide groups is 1. The average molecular weight is 416 g/mol. The molecule has 2 aliphatic rings. The highest BCUT2D eigenvalue weighted by Crippen LogP contribution is 2.29. The molecule has 31 heavy (non-hydrogen) atoms. The van der Waals surface area contributed by atoms with E-state index in [1.165, 1.54) is 9.80 Å². The van der Waals surface area contributed by atoms with E-state index in [1.54, 1.807) is 13.3 Å². The van der Waals surface area contributed by atoms with Gasteiger partial charge in [0.25, 0.3) is 5.91 Å². The van der Waals surface area contributed by atoms with Crippen LogP contribution in [0.25, 0.3) is 6.08 Å². The Morgan fingerprint density at radius 2 is 1.97 bits per heavy atom. The fourth-order valence-electron chi connectivity index (χ4n) is 4.01. The quantitative estimate of drug-likeness (QED) is 0.600. The number of nitrogens with zero attached hydrogens (tertiary/aromatic N) is 5. The van der Waals surface area contributed by atoms with Gasteiger partial charge < -0.3 is 4.42 Å². The lowest BCUT2D eigenvalue weighted by Crippen LogP contribution is -2.62. The molecule has 1 fully saturated rings. The number of hydrogen-bond donors (Lipinski definition) is 0. The molecule has 1 aromatic carbocycles. The molecule has 0 spiro atoms. The van der Waals surface area contributed by atoms with Gasteiger partial charge in [0, 0.05) is 13.6 Å². The van der Waals surface area contributed by atoms with Gasteiger partial charge in [0.1, 0.15) is 24.2 Å². The third-order valence-electron chi connectivity index (χ3n) is 5.61. The van der Waals surface area contributed by atoms with Crippen LogP contribution in [-0.4, -0.2) is 45.7 Å². The molecule has 2 aliphatic heterocycles. The van der Waals surface area contributed by atoms with Crippen molar-refractivity contribution in [3.63, 3.8) is 0 Å². The van der Waals surface area contributed by atoms with E-state index in [0.29, 0.717) is 18.3 Å². The number of rotatable bonds is 5. The van der Waals surface area contributed by atoms with Crippen LogP contribution in [0.2, 0.25) is 0 Å². The van der Waals surface area contributed by atoms with Crippen LogP contribution in [0.1, 0.15) is 23.1 Å². The fraction of sp³-hybridized carbons (Fsp3) is 0.217. The predicted octanol–water partition coefficient (Wildman–Crippen LogP) is 2.92. The molecule has 1 saturated heterocycles. The molecule has 0 aliphatic carbocycles. The molecular weight excluding hydrogens is 394 g/mol. The number of urea groups is 1. The number of aromatic nitrogens is 2. The third-order valence-corrected chi connectivity index (χ3v) is 5.61. The van der Waals surface area contributed by atoms with E-state index in [0.717, 1.165) is 17.0 Å². The molecule has 0 N–H and O–H groups in total. The van der Waals surface area contributed by atoms with Gasteiger partial charge in [-0.1, -0.05) is 47.5 Å². The molecule has 0 bridgehead atoms. The minimum absolute atomic E-state index is 0.197. The highest BCUT2D eigenvalue weighted by atomic mass is 16.3. The standard InChI is InChI=1S/C23H22N5O3/c1-16-14-28-19-20(24-22(28)27(16)15-18-11-7-13-31-18)25(2)23(30)26(21(19)29)12-6-10-17-8-4-3-5-9-17/h3-11,13-14,19H,12,15H2,1-2H3/q+1/b10-6+. The highest BCUT2D eigenvalue weighted by molar-refractivity contribution is 6.19. The van der Waals surface area contributed by atoms with Crippen LogP contribution in [0.4, 0.5) is 10.7 Å². The number of benzene rings is 1. The number of aliphatic imine (C=N–C) groups is 1.